The predicted molar refractivity (Wildman–Crippen MR) is 98.6 cm³/mol. The molecule has 0 spiro atoms. The van der Waals surface area contributed by atoms with Crippen molar-refractivity contribution in [1.82, 2.24) is 9.47 Å². The Bertz CT molecular complexity index is 930. The van der Waals surface area contributed by atoms with Gasteiger partial charge in [-0.25, -0.2) is 4.39 Å². The minimum atomic E-state index is -0.346. The van der Waals surface area contributed by atoms with Crippen LogP contribution in [0, 0.1) is 11.7 Å². The van der Waals surface area contributed by atoms with E-state index in [1.54, 1.807) is 6.07 Å². The largest absolute Gasteiger partial charge is 0.338 e. The van der Waals surface area contributed by atoms with Crippen molar-refractivity contribution in [3.8, 4) is 0 Å². The summed E-state index contributed by atoms with van der Waals surface area (Å²) < 4.78 is 15.0. The van der Waals surface area contributed by atoms with Gasteiger partial charge in [0.2, 0.25) is 0 Å². The van der Waals surface area contributed by atoms with E-state index in [2.05, 4.69) is 0 Å². The number of allylic oxidation sites excluding steroid dienone is 1. The van der Waals surface area contributed by atoms with E-state index in [0.29, 0.717) is 25.2 Å². The fraction of sp³-hybridized carbons (Fsp3) is 0.333. The molecule has 5 heteroatoms. The molecule has 2 atom stereocenters. The summed E-state index contributed by atoms with van der Waals surface area (Å²) in [7, 11) is 0. The molecule has 1 saturated heterocycles. The van der Waals surface area contributed by atoms with E-state index in [-0.39, 0.29) is 29.1 Å². The van der Waals surface area contributed by atoms with Crippen LogP contribution in [0.2, 0.25) is 0 Å². The number of hydrogen-bond acceptors (Lipinski definition) is 2. The first-order valence-corrected chi connectivity index (χ1v) is 8.98. The zero-order valence-electron chi connectivity index (χ0n) is 14.7. The average molecular weight is 352 g/mol. The van der Waals surface area contributed by atoms with Crippen molar-refractivity contribution in [3.63, 3.8) is 0 Å². The topological polar surface area (TPSA) is 42.3 Å². The van der Waals surface area contributed by atoms with Crippen molar-refractivity contribution >= 4 is 12.0 Å². The second kappa shape index (κ2) is 6.56. The van der Waals surface area contributed by atoms with Crippen molar-refractivity contribution in [2.24, 2.45) is 5.92 Å². The molecule has 26 heavy (non-hydrogen) atoms. The summed E-state index contributed by atoms with van der Waals surface area (Å²) in [6.07, 6.45) is 4.98. The zero-order chi connectivity index (χ0) is 18.3. The molecule has 4 nitrogen and oxygen atoms in total. The van der Waals surface area contributed by atoms with E-state index in [1.807, 2.05) is 34.6 Å². The summed E-state index contributed by atoms with van der Waals surface area (Å²) >= 11 is 0. The molecule has 2 aliphatic rings. The van der Waals surface area contributed by atoms with E-state index in [0.717, 1.165) is 17.7 Å². The Balaban J connectivity index is 1.68. The van der Waals surface area contributed by atoms with Gasteiger partial charge < -0.3 is 9.47 Å². The van der Waals surface area contributed by atoms with Gasteiger partial charge in [-0.1, -0.05) is 12.2 Å². The fourth-order valence-electron chi connectivity index (χ4n) is 4.31. The van der Waals surface area contributed by atoms with Crippen LogP contribution in [-0.2, 0) is 6.54 Å². The smallest absolute Gasteiger partial charge is 0.253 e. The van der Waals surface area contributed by atoms with Crippen molar-refractivity contribution in [2.75, 3.05) is 13.1 Å². The maximum atomic E-state index is 13.1. The highest BCUT2D eigenvalue weighted by Gasteiger charge is 2.37. The monoisotopic (exact) mass is 352 g/mol. The summed E-state index contributed by atoms with van der Waals surface area (Å²) in [5.41, 5.74) is 2.61. The van der Waals surface area contributed by atoms with Gasteiger partial charge in [-0.05, 0) is 55.2 Å². The maximum absolute atomic E-state index is 13.1. The van der Waals surface area contributed by atoms with Gasteiger partial charge in [-0.2, -0.15) is 0 Å². The van der Waals surface area contributed by atoms with Crippen molar-refractivity contribution in [1.29, 1.82) is 0 Å². The number of amides is 1. The van der Waals surface area contributed by atoms with Crippen LogP contribution in [0.5, 0.6) is 0 Å². The number of piperidine rings is 1. The van der Waals surface area contributed by atoms with Gasteiger partial charge >= 0.3 is 0 Å². The molecule has 134 valence electrons. The summed E-state index contributed by atoms with van der Waals surface area (Å²) in [5.74, 6) is -0.00317. The van der Waals surface area contributed by atoms with Gasteiger partial charge in [0.1, 0.15) is 5.82 Å². The highest BCUT2D eigenvalue weighted by molar-refractivity contribution is 5.94. The Morgan fingerprint density at radius 1 is 1.12 bits per heavy atom. The molecule has 1 fully saturated rings. The van der Waals surface area contributed by atoms with Crippen LogP contribution >= 0.6 is 0 Å². The summed E-state index contributed by atoms with van der Waals surface area (Å²) in [5, 5.41) is 0. The quantitative estimate of drug-likeness (QED) is 0.832. The van der Waals surface area contributed by atoms with Gasteiger partial charge in [-0.3, -0.25) is 9.59 Å². The van der Waals surface area contributed by atoms with Crippen LogP contribution < -0.4 is 5.56 Å². The lowest BCUT2D eigenvalue weighted by atomic mass is 9.81. The number of halogens is 1. The van der Waals surface area contributed by atoms with Crippen LogP contribution in [0.3, 0.4) is 0 Å². The number of carbonyl (C=O) groups is 1. The number of nitrogens with zero attached hydrogens (tertiary/aromatic N) is 2. The lowest BCUT2D eigenvalue weighted by molar-refractivity contribution is 0.0594. The molecule has 0 saturated carbocycles. The summed E-state index contributed by atoms with van der Waals surface area (Å²) in [4.78, 5) is 27.0. The van der Waals surface area contributed by atoms with Crippen LogP contribution in [-0.4, -0.2) is 28.5 Å². The number of likely N-dealkylation sites (tertiary alicyclic amines) is 1. The molecule has 4 rings (SSSR count). The van der Waals surface area contributed by atoms with E-state index >= 15 is 0 Å². The van der Waals surface area contributed by atoms with E-state index in [1.165, 1.54) is 24.3 Å². The third-order valence-electron chi connectivity index (χ3n) is 5.35. The van der Waals surface area contributed by atoms with Crippen LogP contribution in [0.1, 0.15) is 40.9 Å². The van der Waals surface area contributed by atoms with E-state index < -0.39 is 0 Å². The predicted octanol–water partition coefficient (Wildman–Crippen LogP) is 3.28. The maximum Gasteiger partial charge on any atom is 0.253 e. The third-order valence-corrected chi connectivity index (χ3v) is 5.35. The second-order valence-corrected chi connectivity index (χ2v) is 7.14. The standard InChI is InChI=1S/C21H21FN2O2/c1-2-3-15-6-9-19(25)24-12-14-10-17(20(15)24)13-23(11-14)21(26)16-4-7-18(22)8-5-16/h2-9,14,17H,10-13H2,1H3/b3-2+/t14-,17+/m0/s1. The van der Waals surface area contributed by atoms with Crippen molar-refractivity contribution in [2.45, 2.75) is 25.8 Å². The minimum absolute atomic E-state index is 0.0289. The Morgan fingerprint density at radius 2 is 1.88 bits per heavy atom. The SMILES string of the molecule is C/C=C/c1ccc(=O)n2c1[C@@H]1C[C@@H](CN(C(=O)c3ccc(F)cc3)C1)C2. The molecule has 0 unspecified atom stereocenters. The number of hydrogen-bond donors (Lipinski definition) is 0. The summed E-state index contributed by atoms with van der Waals surface area (Å²) in [6.45, 7) is 3.81. The van der Waals surface area contributed by atoms with Gasteiger partial charge in [0.15, 0.2) is 0 Å². The van der Waals surface area contributed by atoms with E-state index in [4.69, 9.17) is 0 Å². The fourth-order valence-corrected chi connectivity index (χ4v) is 4.31. The number of rotatable bonds is 2. The average Bonchev–Trinajstić information content (AvgIpc) is 2.64. The molecule has 0 N–H and O–H groups in total. The lowest BCUT2D eigenvalue weighted by Crippen LogP contribution is -2.49. The molecule has 3 heterocycles. The van der Waals surface area contributed by atoms with Gasteiger partial charge in [-0.15, -0.1) is 0 Å². The first-order valence-electron chi connectivity index (χ1n) is 8.98. The minimum Gasteiger partial charge on any atom is -0.338 e. The molecule has 2 aromatic rings. The number of aromatic nitrogens is 1. The van der Waals surface area contributed by atoms with Gasteiger partial charge in [0.25, 0.3) is 11.5 Å². The summed E-state index contributed by atoms with van der Waals surface area (Å²) in [6, 6.07) is 9.20. The Hall–Kier alpha value is -2.69. The first-order chi connectivity index (χ1) is 12.6. The van der Waals surface area contributed by atoms with Crippen molar-refractivity contribution in [3.05, 3.63) is 75.5 Å². The molecular formula is C21H21FN2O2. The van der Waals surface area contributed by atoms with Crippen LogP contribution in [0.4, 0.5) is 4.39 Å². The number of fused-ring (bicyclic) bond motifs is 4. The highest BCUT2D eigenvalue weighted by Crippen LogP contribution is 2.37. The second-order valence-electron chi connectivity index (χ2n) is 7.14. The van der Waals surface area contributed by atoms with Gasteiger partial charge in [0.05, 0.1) is 0 Å². The highest BCUT2D eigenvalue weighted by atomic mass is 19.1. The zero-order valence-corrected chi connectivity index (χ0v) is 14.7. The van der Waals surface area contributed by atoms with Gasteiger partial charge in [0, 0.05) is 42.9 Å². The first kappa shape index (κ1) is 16.8. The molecular weight excluding hydrogens is 331 g/mol. The van der Waals surface area contributed by atoms with Crippen LogP contribution in [0.15, 0.2) is 47.3 Å². The molecule has 0 radical (unpaired) electrons. The third kappa shape index (κ3) is 2.87. The molecule has 2 bridgehead atoms. The molecule has 1 amide bonds. The van der Waals surface area contributed by atoms with Crippen molar-refractivity contribution < 1.29 is 9.18 Å². The molecule has 0 aliphatic carbocycles. The van der Waals surface area contributed by atoms with E-state index in [9.17, 15) is 14.0 Å². The Morgan fingerprint density at radius 3 is 2.62 bits per heavy atom. The Labute approximate surface area is 151 Å². The molecule has 1 aromatic carbocycles. The number of benzene rings is 1. The molecule has 1 aromatic heterocycles. The lowest BCUT2D eigenvalue weighted by Gasteiger charge is -2.43. The number of carbonyl (C=O) groups excluding carboxylic acids is 1. The normalized spacial score (nSPS) is 21.7. The number of pyridine rings is 1. The van der Waals surface area contributed by atoms with Crippen LogP contribution in [0.25, 0.3) is 6.08 Å². The Kier molecular flexibility index (Phi) is 4.23. The molecule has 2 aliphatic heterocycles.